The lowest BCUT2D eigenvalue weighted by Gasteiger charge is -2.22. The third-order valence-electron chi connectivity index (χ3n) is 2.45. The van der Waals surface area contributed by atoms with Crippen LogP contribution in [0, 0.1) is 10.1 Å². The number of aromatic hydroxyl groups is 1. The lowest BCUT2D eigenvalue weighted by atomic mass is 10.0. The van der Waals surface area contributed by atoms with Gasteiger partial charge in [-0.05, 0) is 12.1 Å². The Bertz CT molecular complexity index is 400. The lowest BCUT2D eigenvalue weighted by molar-refractivity contribution is -0.387. The van der Waals surface area contributed by atoms with Gasteiger partial charge in [-0.1, -0.05) is 6.07 Å². The number of para-hydroxylation sites is 1. The average molecular weight is 225 g/mol. The van der Waals surface area contributed by atoms with Gasteiger partial charge in [-0.2, -0.15) is 0 Å². The molecular formula is C10H11NO5. The maximum absolute atomic E-state index is 10.8. The zero-order valence-electron chi connectivity index (χ0n) is 8.46. The molecule has 0 aromatic heterocycles. The van der Waals surface area contributed by atoms with Crippen molar-refractivity contribution in [2.75, 3.05) is 13.4 Å². The first-order valence-corrected chi connectivity index (χ1v) is 4.86. The summed E-state index contributed by atoms with van der Waals surface area (Å²) in [6.45, 7) is 0.620. The summed E-state index contributed by atoms with van der Waals surface area (Å²) in [5.41, 5.74) is 0.114. The van der Waals surface area contributed by atoms with Gasteiger partial charge in [0.1, 0.15) is 6.79 Å². The van der Waals surface area contributed by atoms with Crippen LogP contribution >= 0.6 is 0 Å². The molecule has 1 atom stereocenters. The number of benzene rings is 1. The predicted octanol–water partition coefficient (Wildman–Crippen LogP) is 1.74. The normalized spacial score (nSPS) is 20.6. The van der Waals surface area contributed by atoms with Gasteiger partial charge < -0.3 is 14.6 Å². The topological polar surface area (TPSA) is 81.8 Å². The Morgan fingerprint density at radius 2 is 2.31 bits per heavy atom. The summed E-state index contributed by atoms with van der Waals surface area (Å²) in [5, 5.41) is 20.3. The molecule has 1 aliphatic rings. The van der Waals surface area contributed by atoms with E-state index < -0.39 is 4.92 Å². The molecule has 0 spiro atoms. The molecule has 0 radical (unpaired) electrons. The monoisotopic (exact) mass is 225 g/mol. The highest BCUT2D eigenvalue weighted by Crippen LogP contribution is 2.37. The van der Waals surface area contributed by atoms with Crippen LogP contribution < -0.4 is 0 Å². The maximum Gasteiger partial charge on any atom is 0.316 e. The summed E-state index contributed by atoms with van der Waals surface area (Å²) >= 11 is 0. The van der Waals surface area contributed by atoms with E-state index in [1.165, 1.54) is 6.07 Å². The standard InChI is InChI=1S/C10H11NO5/c12-8-3-1-2-7(10(8)11(13)14)9-4-5-15-6-16-9/h1-3,9,12H,4-6H2. The van der Waals surface area contributed by atoms with Gasteiger partial charge in [0, 0.05) is 6.42 Å². The summed E-state index contributed by atoms with van der Waals surface area (Å²) in [4.78, 5) is 10.3. The van der Waals surface area contributed by atoms with Crippen molar-refractivity contribution in [1.29, 1.82) is 0 Å². The van der Waals surface area contributed by atoms with E-state index >= 15 is 0 Å². The number of nitro groups is 1. The summed E-state index contributed by atoms with van der Waals surface area (Å²) in [7, 11) is 0. The van der Waals surface area contributed by atoms with E-state index in [0.29, 0.717) is 18.6 Å². The summed E-state index contributed by atoms with van der Waals surface area (Å²) in [5.74, 6) is -0.336. The van der Waals surface area contributed by atoms with Crippen LogP contribution in [0.3, 0.4) is 0 Å². The van der Waals surface area contributed by atoms with E-state index in [4.69, 9.17) is 9.47 Å². The molecule has 0 aliphatic carbocycles. The van der Waals surface area contributed by atoms with E-state index in [2.05, 4.69) is 0 Å². The molecule has 1 fully saturated rings. The highest BCUT2D eigenvalue weighted by molar-refractivity contribution is 5.52. The fraction of sp³-hybridized carbons (Fsp3) is 0.400. The summed E-state index contributed by atoms with van der Waals surface area (Å²) < 4.78 is 10.3. The Morgan fingerprint density at radius 3 is 2.94 bits per heavy atom. The fourth-order valence-electron chi connectivity index (χ4n) is 1.72. The molecule has 6 nitrogen and oxygen atoms in total. The number of hydrogen-bond donors (Lipinski definition) is 1. The molecule has 1 saturated heterocycles. The molecule has 1 N–H and O–H groups in total. The number of phenols is 1. The SMILES string of the molecule is O=[N+]([O-])c1c(O)cccc1C1CCOCO1. The van der Waals surface area contributed by atoms with Crippen molar-refractivity contribution < 1.29 is 19.5 Å². The number of nitro benzene ring substituents is 1. The van der Waals surface area contributed by atoms with Crippen LogP contribution in [0.15, 0.2) is 18.2 Å². The molecule has 1 aromatic carbocycles. The molecule has 16 heavy (non-hydrogen) atoms. The number of ether oxygens (including phenoxy) is 2. The van der Waals surface area contributed by atoms with Gasteiger partial charge >= 0.3 is 5.69 Å². The second kappa shape index (κ2) is 4.46. The van der Waals surface area contributed by atoms with Crippen molar-refractivity contribution in [3.8, 4) is 5.75 Å². The minimum absolute atomic E-state index is 0.122. The van der Waals surface area contributed by atoms with Crippen molar-refractivity contribution in [3.05, 3.63) is 33.9 Å². The Balaban J connectivity index is 2.38. The van der Waals surface area contributed by atoms with Crippen molar-refractivity contribution in [2.45, 2.75) is 12.5 Å². The zero-order chi connectivity index (χ0) is 11.5. The largest absolute Gasteiger partial charge is 0.502 e. The Morgan fingerprint density at radius 1 is 1.50 bits per heavy atom. The average Bonchev–Trinajstić information content (AvgIpc) is 2.29. The van der Waals surface area contributed by atoms with E-state index in [9.17, 15) is 15.2 Å². The zero-order valence-corrected chi connectivity index (χ0v) is 8.46. The minimum atomic E-state index is -0.594. The van der Waals surface area contributed by atoms with Gasteiger partial charge in [0.25, 0.3) is 0 Å². The van der Waals surface area contributed by atoms with Crippen LogP contribution in [-0.4, -0.2) is 23.4 Å². The molecule has 0 bridgehead atoms. The highest BCUT2D eigenvalue weighted by Gasteiger charge is 2.27. The van der Waals surface area contributed by atoms with Crippen LogP contribution in [0.25, 0.3) is 0 Å². The van der Waals surface area contributed by atoms with E-state index in [-0.39, 0.29) is 24.3 Å². The Labute approximate surface area is 91.6 Å². The number of phenolic OH excluding ortho intramolecular Hbond substituents is 1. The second-order valence-corrected chi connectivity index (χ2v) is 3.44. The molecule has 0 saturated carbocycles. The molecule has 2 rings (SSSR count). The number of rotatable bonds is 2. The molecule has 0 amide bonds. The summed E-state index contributed by atoms with van der Waals surface area (Å²) in [6, 6.07) is 4.45. The highest BCUT2D eigenvalue weighted by atomic mass is 16.7. The van der Waals surface area contributed by atoms with Gasteiger partial charge in [-0.15, -0.1) is 0 Å². The van der Waals surface area contributed by atoms with E-state index in [0.717, 1.165) is 0 Å². The smallest absolute Gasteiger partial charge is 0.316 e. The van der Waals surface area contributed by atoms with Gasteiger partial charge in [-0.25, -0.2) is 0 Å². The fourth-order valence-corrected chi connectivity index (χ4v) is 1.72. The molecule has 6 heteroatoms. The third kappa shape index (κ3) is 1.98. The molecule has 1 unspecified atom stereocenters. The summed E-state index contributed by atoms with van der Waals surface area (Å²) in [6.07, 6.45) is 0.158. The Hall–Kier alpha value is -1.66. The first-order valence-electron chi connectivity index (χ1n) is 4.86. The maximum atomic E-state index is 10.8. The van der Waals surface area contributed by atoms with Gasteiger partial charge in [0.2, 0.25) is 0 Å². The quantitative estimate of drug-likeness (QED) is 0.612. The molecule has 1 aromatic rings. The lowest BCUT2D eigenvalue weighted by Crippen LogP contribution is -2.18. The molecule has 1 aliphatic heterocycles. The van der Waals surface area contributed by atoms with Crippen LogP contribution in [-0.2, 0) is 9.47 Å². The van der Waals surface area contributed by atoms with Gasteiger partial charge in [0.05, 0.1) is 23.2 Å². The first-order chi connectivity index (χ1) is 7.70. The van der Waals surface area contributed by atoms with Crippen LogP contribution in [0.4, 0.5) is 5.69 Å². The van der Waals surface area contributed by atoms with E-state index in [1.54, 1.807) is 12.1 Å². The van der Waals surface area contributed by atoms with Gasteiger partial charge in [-0.3, -0.25) is 10.1 Å². The van der Waals surface area contributed by atoms with Gasteiger partial charge in [0.15, 0.2) is 5.75 Å². The van der Waals surface area contributed by atoms with Crippen molar-refractivity contribution >= 4 is 5.69 Å². The van der Waals surface area contributed by atoms with Crippen LogP contribution in [0.5, 0.6) is 5.75 Å². The third-order valence-corrected chi connectivity index (χ3v) is 2.45. The van der Waals surface area contributed by atoms with Crippen LogP contribution in [0.1, 0.15) is 18.1 Å². The Kier molecular flexibility index (Phi) is 3.02. The minimum Gasteiger partial charge on any atom is -0.502 e. The number of hydrogen-bond acceptors (Lipinski definition) is 5. The van der Waals surface area contributed by atoms with E-state index in [1.807, 2.05) is 0 Å². The predicted molar refractivity (Wildman–Crippen MR) is 54.0 cm³/mol. The first kappa shape index (κ1) is 10.8. The molecular weight excluding hydrogens is 214 g/mol. The second-order valence-electron chi connectivity index (χ2n) is 3.44. The number of nitrogens with zero attached hydrogens (tertiary/aromatic N) is 1. The molecule has 1 heterocycles. The van der Waals surface area contributed by atoms with Crippen molar-refractivity contribution in [2.24, 2.45) is 0 Å². The van der Waals surface area contributed by atoms with Crippen molar-refractivity contribution in [1.82, 2.24) is 0 Å². The van der Waals surface area contributed by atoms with Crippen molar-refractivity contribution in [3.63, 3.8) is 0 Å². The van der Waals surface area contributed by atoms with Crippen LogP contribution in [0.2, 0.25) is 0 Å². The molecule has 86 valence electrons.